The van der Waals surface area contributed by atoms with Gasteiger partial charge in [0.2, 0.25) is 0 Å². The molecule has 3 aliphatic rings. The monoisotopic (exact) mass is 352 g/mol. The maximum Gasteiger partial charge on any atom is 0.258 e. The van der Waals surface area contributed by atoms with Crippen molar-refractivity contribution in [1.29, 1.82) is 0 Å². The zero-order valence-corrected chi connectivity index (χ0v) is 13.8. The quantitative estimate of drug-likeness (QED) is 0.796. The Bertz CT molecular complexity index is 973. The number of aliphatic hydroxyl groups excluding tert-OH is 1. The summed E-state index contributed by atoms with van der Waals surface area (Å²) in [5.41, 5.74) is 1.60. The minimum Gasteiger partial charge on any atom is -0.376 e. The highest BCUT2D eigenvalue weighted by atomic mass is 16.5. The van der Waals surface area contributed by atoms with Crippen molar-refractivity contribution in [3.63, 3.8) is 0 Å². The number of aliphatic hydroxyl groups is 1. The van der Waals surface area contributed by atoms with E-state index in [-0.39, 0.29) is 12.0 Å². The van der Waals surface area contributed by atoms with Crippen LogP contribution in [0.15, 0.2) is 24.3 Å². The lowest BCUT2D eigenvalue weighted by Gasteiger charge is -2.36. The summed E-state index contributed by atoms with van der Waals surface area (Å²) in [6.07, 6.45) is 0.573. The number of imide groups is 1. The first-order valence-corrected chi connectivity index (χ1v) is 8.62. The van der Waals surface area contributed by atoms with E-state index in [4.69, 9.17) is 4.74 Å². The predicted octanol–water partition coefficient (Wildman–Crippen LogP) is 1.35. The lowest BCUT2D eigenvalue weighted by Crippen LogP contribution is -2.43. The van der Waals surface area contributed by atoms with Gasteiger partial charge in [-0.1, -0.05) is 6.07 Å². The molecular weight excluding hydrogens is 336 g/mol. The summed E-state index contributed by atoms with van der Waals surface area (Å²) < 4.78 is 5.60. The summed E-state index contributed by atoms with van der Waals surface area (Å²) in [6.45, 7) is 0.975. The zero-order chi connectivity index (χ0) is 18.0. The molecule has 2 unspecified atom stereocenters. The number of hydrogen-bond donors (Lipinski definition) is 2. The fourth-order valence-electron chi connectivity index (χ4n) is 4.16. The summed E-state index contributed by atoms with van der Waals surface area (Å²) in [7, 11) is 0. The van der Waals surface area contributed by atoms with Gasteiger partial charge in [0.25, 0.3) is 17.7 Å². The van der Waals surface area contributed by atoms with Gasteiger partial charge in [0.1, 0.15) is 0 Å². The second-order valence-corrected chi connectivity index (χ2v) is 6.86. The van der Waals surface area contributed by atoms with Gasteiger partial charge in [0, 0.05) is 39.6 Å². The third-order valence-corrected chi connectivity index (χ3v) is 5.40. The lowest BCUT2D eigenvalue weighted by atomic mass is 9.86. The van der Waals surface area contributed by atoms with Gasteiger partial charge in [-0.15, -0.1) is 0 Å². The first kappa shape index (κ1) is 15.5. The molecule has 7 heteroatoms. The molecule has 26 heavy (non-hydrogen) atoms. The highest BCUT2D eigenvalue weighted by Crippen LogP contribution is 2.40. The van der Waals surface area contributed by atoms with Gasteiger partial charge < -0.3 is 14.7 Å². The second kappa shape index (κ2) is 5.36. The molecule has 3 heterocycles. The Hall–Kier alpha value is -2.77. The molecule has 0 aliphatic carbocycles. The Morgan fingerprint density at radius 1 is 1.04 bits per heavy atom. The van der Waals surface area contributed by atoms with Crippen LogP contribution in [0, 0.1) is 0 Å². The van der Waals surface area contributed by atoms with Crippen molar-refractivity contribution in [2.75, 3.05) is 13.2 Å². The van der Waals surface area contributed by atoms with Gasteiger partial charge in [-0.2, -0.15) is 0 Å². The first-order chi connectivity index (χ1) is 12.6. The molecule has 0 aromatic heterocycles. The van der Waals surface area contributed by atoms with Crippen molar-refractivity contribution >= 4 is 28.5 Å². The minimum atomic E-state index is -1.14. The zero-order valence-electron chi connectivity index (χ0n) is 13.8. The van der Waals surface area contributed by atoms with Gasteiger partial charge >= 0.3 is 0 Å². The van der Waals surface area contributed by atoms with Crippen molar-refractivity contribution in [3.05, 3.63) is 46.5 Å². The third kappa shape index (κ3) is 1.98. The fourth-order valence-corrected chi connectivity index (χ4v) is 4.16. The number of ether oxygens (including phenoxy) is 1. The predicted molar refractivity (Wildman–Crippen MR) is 90.7 cm³/mol. The molecule has 5 rings (SSSR count). The molecular formula is C19H16N2O5. The molecule has 3 amide bonds. The minimum absolute atomic E-state index is 0.0876. The molecule has 2 aromatic rings. The highest BCUT2D eigenvalue weighted by Gasteiger charge is 2.38. The number of rotatable bonds is 2. The largest absolute Gasteiger partial charge is 0.376 e. The number of carbonyl (C=O) groups is 3. The van der Waals surface area contributed by atoms with E-state index in [0.717, 1.165) is 12.8 Å². The van der Waals surface area contributed by atoms with Crippen LogP contribution < -0.4 is 5.32 Å². The molecule has 1 saturated heterocycles. The normalized spacial score (nSPS) is 24.3. The van der Waals surface area contributed by atoms with E-state index in [2.05, 4.69) is 5.32 Å². The van der Waals surface area contributed by atoms with Crippen LogP contribution in [-0.2, 0) is 4.74 Å². The summed E-state index contributed by atoms with van der Waals surface area (Å²) in [4.78, 5) is 38.7. The smallest absolute Gasteiger partial charge is 0.258 e. The second-order valence-electron chi connectivity index (χ2n) is 6.86. The van der Waals surface area contributed by atoms with Crippen LogP contribution in [0.1, 0.15) is 55.7 Å². The van der Waals surface area contributed by atoms with Gasteiger partial charge in [-0.05, 0) is 31.0 Å². The van der Waals surface area contributed by atoms with Crippen LogP contribution in [0.5, 0.6) is 0 Å². The summed E-state index contributed by atoms with van der Waals surface area (Å²) in [5, 5.41) is 14.1. The van der Waals surface area contributed by atoms with E-state index in [1.165, 1.54) is 4.90 Å². The number of hydrogen-bond acceptors (Lipinski definition) is 5. The molecule has 2 N–H and O–H groups in total. The van der Waals surface area contributed by atoms with Crippen LogP contribution in [0.4, 0.5) is 0 Å². The molecule has 2 aromatic carbocycles. The standard InChI is InChI=1S/C19H16N2O5/c22-16-10-3-5-12-15-13(6-4-11(14(10)15)17(23)20-16)19(25)21(18(12)24)8-9-2-1-7-26-9/h3-6,9,18,24H,1-2,7-8H2,(H,20,22,23). The molecule has 0 bridgehead atoms. The van der Waals surface area contributed by atoms with E-state index in [1.54, 1.807) is 24.3 Å². The summed E-state index contributed by atoms with van der Waals surface area (Å²) in [6, 6.07) is 6.40. The molecule has 1 fully saturated rings. The average Bonchev–Trinajstić information content (AvgIpc) is 3.14. The SMILES string of the molecule is O=C1NC(=O)c2ccc3c4c(ccc1c24)C(=O)N(CC1CCCO1)C3O. The summed E-state index contributed by atoms with van der Waals surface area (Å²) >= 11 is 0. The third-order valence-electron chi connectivity index (χ3n) is 5.40. The molecule has 2 atom stereocenters. The number of carbonyl (C=O) groups excluding carboxylic acids is 3. The Morgan fingerprint density at radius 2 is 1.73 bits per heavy atom. The number of amides is 3. The molecule has 0 saturated carbocycles. The number of benzene rings is 2. The van der Waals surface area contributed by atoms with E-state index in [9.17, 15) is 19.5 Å². The molecule has 7 nitrogen and oxygen atoms in total. The number of nitrogens with zero attached hydrogens (tertiary/aromatic N) is 1. The first-order valence-electron chi connectivity index (χ1n) is 8.62. The topological polar surface area (TPSA) is 95.9 Å². The fraction of sp³-hybridized carbons (Fsp3) is 0.316. The Kier molecular flexibility index (Phi) is 3.19. The van der Waals surface area contributed by atoms with Gasteiger partial charge in [-0.3, -0.25) is 19.7 Å². The van der Waals surface area contributed by atoms with Crippen molar-refractivity contribution in [2.24, 2.45) is 0 Å². The Morgan fingerprint density at radius 3 is 2.42 bits per heavy atom. The highest BCUT2D eigenvalue weighted by molar-refractivity contribution is 6.28. The average molecular weight is 352 g/mol. The van der Waals surface area contributed by atoms with Crippen molar-refractivity contribution in [2.45, 2.75) is 25.2 Å². The van der Waals surface area contributed by atoms with E-state index < -0.39 is 18.0 Å². The van der Waals surface area contributed by atoms with Crippen LogP contribution in [0.2, 0.25) is 0 Å². The molecule has 0 spiro atoms. The van der Waals surface area contributed by atoms with Crippen molar-refractivity contribution < 1.29 is 24.2 Å². The maximum absolute atomic E-state index is 13.0. The Balaban J connectivity index is 1.70. The van der Waals surface area contributed by atoms with Crippen molar-refractivity contribution in [3.8, 4) is 0 Å². The van der Waals surface area contributed by atoms with Gasteiger partial charge in [0.15, 0.2) is 6.23 Å². The van der Waals surface area contributed by atoms with E-state index in [0.29, 0.717) is 46.2 Å². The maximum atomic E-state index is 13.0. The molecule has 3 aliphatic heterocycles. The Labute approximate surface area is 148 Å². The van der Waals surface area contributed by atoms with Crippen LogP contribution in [0.3, 0.4) is 0 Å². The lowest BCUT2D eigenvalue weighted by molar-refractivity contribution is -0.0195. The van der Waals surface area contributed by atoms with Gasteiger partial charge in [0.05, 0.1) is 12.6 Å². The molecule has 132 valence electrons. The van der Waals surface area contributed by atoms with Crippen LogP contribution >= 0.6 is 0 Å². The number of nitrogens with one attached hydrogen (secondary N) is 1. The van der Waals surface area contributed by atoms with Crippen LogP contribution in [0.25, 0.3) is 10.8 Å². The summed E-state index contributed by atoms with van der Waals surface area (Å²) in [5.74, 6) is -1.30. The van der Waals surface area contributed by atoms with Crippen LogP contribution in [-0.4, -0.2) is 47.0 Å². The van der Waals surface area contributed by atoms with E-state index >= 15 is 0 Å². The van der Waals surface area contributed by atoms with Crippen molar-refractivity contribution in [1.82, 2.24) is 10.2 Å². The molecule has 0 radical (unpaired) electrons. The van der Waals surface area contributed by atoms with Gasteiger partial charge in [-0.25, -0.2) is 0 Å². The van der Waals surface area contributed by atoms with E-state index in [1.807, 2.05) is 0 Å².